The molecule has 0 saturated heterocycles. The monoisotopic (exact) mass is 371 g/mol. The van der Waals surface area contributed by atoms with Crippen molar-refractivity contribution >= 4 is 26.5 Å². The number of benzene rings is 2. The molecule has 134 valence electrons. The summed E-state index contributed by atoms with van der Waals surface area (Å²) in [5, 5.41) is 9.69. The third-order valence-electron chi connectivity index (χ3n) is 4.02. The van der Waals surface area contributed by atoms with E-state index in [1.54, 1.807) is 49.4 Å². The number of rotatable bonds is 4. The summed E-state index contributed by atoms with van der Waals surface area (Å²) in [5.41, 5.74) is 1.04. The van der Waals surface area contributed by atoms with Crippen LogP contribution in [0.2, 0.25) is 0 Å². The minimum Gasteiger partial charge on any atom is -0.347 e. The van der Waals surface area contributed by atoms with Crippen LogP contribution in [-0.4, -0.2) is 30.8 Å². The SMILES string of the molecule is Cc1ccc(CNC(=O)c2n[nH]c(=O)c3ccccc23)cc1S(C)(=O)=O. The first kappa shape index (κ1) is 17.8. The lowest BCUT2D eigenvalue weighted by molar-refractivity contribution is 0.0946. The van der Waals surface area contributed by atoms with E-state index in [4.69, 9.17) is 0 Å². The maximum atomic E-state index is 12.5. The third-order valence-corrected chi connectivity index (χ3v) is 5.26. The second-order valence-corrected chi connectivity index (χ2v) is 7.99. The van der Waals surface area contributed by atoms with E-state index in [1.807, 2.05) is 0 Å². The number of H-pyrrole nitrogens is 1. The number of aromatic nitrogens is 2. The lowest BCUT2D eigenvalue weighted by Gasteiger charge is -2.09. The molecule has 0 spiro atoms. The molecule has 1 amide bonds. The summed E-state index contributed by atoms with van der Waals surface area (Å²) in [5.74, 6) is -0.459. The molecule has 26 heavy (non-hydrogen) atoms. The molecule has 0 aliphatic carbocycles. The Morgan fingerprint density at radius 1 is 1.15 bits per heavy atom. The fourth-order valence-electron chi connectivity index (χ4n) is 2.71. The molecular weight excluding hydrogens is 354 g/mol. The largest absolute Gasteiger partial charge is 0.347 e. The Morgan fingerprint density at radius 3 is 2.54 bits per heavy atom. The van der Waals surface area contributed by atoms with Gasteiger partial charge in [0.2, 0.25) is 0 Å². The van der Waals surface area contributed by atoms with Crippen molar-refractivity contribution in [1.29, 1.82) is 0 Å². The highest BCUT2D eigenvalue weighted by molar-refractivity contribution is 7.90. The van der Waals surface area contributed by atoms with Crippen LogP contribution in [-0.2, 0) is 16.4 Å². The summed E-state index contributed by atoms with van der Waals surface area (Å²) >= 11 is 0. The fourth-order valence-corrected chi connectivity index (χ4v) is 3.73. The van der Waals surface area contributed by atoms with Gasteiger partial charge in [-0.25, -0.2) is 13.5 Å². The van der Waals surface area contributed by atoms with E-state index >= 15 is 0 Å². The summed E-state index contributed by atoms with van der Waals surface area (Å²) < 4.78 is 23.6. The standard InChI is InChI=1S/C18H17N3O4S/c1-11-7-8-12(9-15(11)26(2,24)25)10-19-18(23)16-13-5-3-4-6-14(13)17(22)21-20-16/h3-9H,10H2,1-2H3,(H,19,23)(H,21,22). The Balaban J connectivity index is 1.87. The highest BCUT2D eigenvalue weighted by atomic mass is 32.2. The minimum absolute atomic E-state index is 0.107. The maximum absolute atomic E-state index is 12.5. The van der Waals surface area contributed by atoms with Crippen LogP contribution in [0.4, 0.5) is 0 Å². The number of sulfone groups is 1. The molecule has 0 unspecified atom stereocenters. The predicted molar refractivity (Wildman–Crippen MR) is 97.8 cm³/mol. The van der Waals surface area contributed by atoms with E-state index in [0.29, 0.717) is 21.9 Å². The van der Waals surface area contributed by atoms with E-state index in [-0.39, 0.29) is 22.7 Å². The predicted octanol–water partition coefficient (Wildman–Crippen LogP) is 1.57. The average Bonchev–Trinajstić information content (AvgIpc) is 2.60. The van der Waals surface area contributed by atoms with Crippen molar-refractivity contribution in [3.8, 4) is 0 Å². The average molecular weight is 371 g/mol. The molecule has 0 aliphatic rings. The molecule has 0 fully saturated rings. The summed E-state index contributed by atoms with van der Waals surface area (Å²) in [4.78, 5) is 24.5. The van der Waals surface area contributed by atoms with Crippen molar-refractivity contribution in [3.63, 3.8) is 0 Å². The fraction of sp³-hybridized carbons (Fsp3) is 0.167. The van der Waals surface area contributed by atoms with Gasteiger partial charge in [-0.1, -0.05) is 30.3 Å². The van der Waals surface area contributed by atoms with E-state index in [2.05, 4.69) is 15.5 Å². The highest BCUT2D eigenvalue weighted by Crippen LogP contribution is 2.17. The number of aryl methyl sites for hydroxylation is 1. The van der Waals surface area contributed by atoms with Crippen LogP contribution in [0.15, 0.2) is 52.2 Å². The number of nitrogens with zero attached hydrogens (tertiary/aromatic N) is 1. The van der Waals surface area contributed by atoms with Crippen LogP contribution in [0, 0.1) is 6.92 Å². The van der Waals surface area contributed by atoms with E-state index in [1.165, 1.54) is 0 Å². The number of carbonyl (C=O) groups excluding carboxylic acids is 1. The zero-order valence-corrected chi connectivity index (χ0v) is 15.1. The third kappa shape index (κ3) is 3.50. The molecular formula is C18H17N3O4S. The van der Waals surface area contributed by atoms with Crippen molar-refractivity contribution in [2.75, 3.05) is 6.26 Å². The van der Waals surface area contributed by atoms with Gasteiger partial charge in [0.15, 0.2) is 15.5 Å². The first-order valence-corrected chi connectivity index (χ1v) is 9.72. The molecule has 8 heteroatoms. The van der Waals surface area contributed by atoms with Gasteiger partial charge in [0.05, 0.1) is 10.3 Å². The number of hydrogen-bond acceptors (Lipinski definition) is 5. The van der Waals surface area contributed by atoms with Crippen LogP contribution >= 0.6 is 0 Å². The minimum atomic E-state index is -3.35. The van der Waals surface area contributed by atoms with Crippen LogP contribution in [0.1, 0.15) is 21.6 Å². The summed E-state index contributed by atoms with van der Waals surface area (Å²) in [7, 11) is -3.35. The van der Waals surface area contributed by atoms with E-state index in [9.17, 15) is 18.0 Å². The lowest BCUT2D eigenvalue weighted by atomic mass is 10.1. The van der Waals surface area contributed by atoms with Gasteiger partial charge in [-0.2, -0.15) is 5.10 Å². The van der Waals surface area contributed by atoms with Gasteiger partial charge in [0.1, 0.15) is 0 Å². The van der Waals surface area contributed by atoms with Gasteiger partial charge in [-0.05, 0) is 30.2 Å². The maximum Gasteiger partial charge on any atom is 0.272 e. The van der Waals surface area contributed by atoms with Gasteiger partial charge in [-0.3, -0.25) is 9.59 Å². The molecule has 0 aliphatic heterocycles. The van der Waals surface area contributed by atoms with Crippen molar-refractivity contribution in [3.05, 3.63) is 69.6 Å². The van der Waals surface area contributed by atoms with Crippen LogP contribution in [0.3, 0.4) is 0 Å². The Kier molecular flexibility index (Phi) is 4.60. The van der Waals surface area contributed by atoms with Gasteiger partial charge >= 0.3 is 0 Å². The first-order chi connectivity index (χ1) is 12.3. The zero-order valence-electron chi connectivity index (χ0n) is 14.2. The smallest absolute Gasteiger partial charge is 0.272 e. The molecule has 3 aromatic rings. The Hall–Kier alpha value is -3.00. The normalized spacial score (nSPS) is 11.5. The van der Waals surface area contributed by atoms with Crippen molar-refractivity contribution in [2.24, 2.45) is 0 Å². The Labute approximate surface area is 150 Å². The van der Waals surface area contributed by atoms with Crippen molar-refractivity contribution < 1.29 is 13.2 Å². The number of nitrogens with one attached hydrogen (secondary N) is 2. The van der Waals surface area contributed by atoms with E-state index in [0.717, 1.165) is 6.26 Å². The molecule has 0 saturated carbocycles. The Morgan fingerprint density at radius 2 is 1.85 bits per heavy atom. The molecule has 2 aromatic carbocycles. The van der Waals surface area contributed by atoms with Gasteiger partial charge in [0, 0.05) is 18.2 Å². The van der Waals surface area contributed by atoms with E-state index < -0.39 is 15.7 Å². The lowest BCUT2D eigenvalue weighted by Crippen LogP contribution is -2.26. The molecule has 7 nitrogen and oxygen atoms in total. The van der Waals surface area contributed by atoms with Crippen LogP contribution in [0.25, 0.3) is 10.8 Å². The number of aromatic amines is 1. The second kappa shape index (κ2) is 6.72. The number of hydrogen-bond donors (Lipinski definition) is 2. The molecule has 0 radical (unpaired) electrons. The summed E-state index contributed by atoms with van der Waals surface area (Å²) in [6.07, 6.45) is 1.15. The highest BCUT2D eigenvalue weighted by Gasteiger charge is 2.15. The molecule has 3 rings (SSSR count). The molecule has 1 heterocycles. The second-order valence-electron chi connectivity index (χ2n) is 6.00. The quantitative estimate of drug-likeness (QED) is 0.723. The molecule has 0 bridgehead atoms. The zero-order chi connectivity index (χ0) is 18.9. The van der Waals surface area contributed by atoms with Gasteiger partial charge in [0.25, 0.3) is 11.5 Å². The summed E-state index contributed by atoms with van der Waals surface area (Å²) in [6.45, 7) is 1.85. The molecule has 0 atom stereocenters. The first-order valence-electron chi connectivity index (χ1n) is 7.82. The molecule has 1 aromatic heterocycles. The van der Waals surface area contributed by atoms with Crippen molar-refractivity contribution in [1.82, 2.24) is 15.5 Å². The topological polar surface area (TPSA) is 109 Å². The van der Waals surface area contributed by atoms with Crippen molar-refractivity contribution in [2.45, 2.75) is 18.4 Å². The van der Waals surface area contributed by atoms with Gasteiger partial charge in [-0.15, -0.1) is 0 Å². The summed E-state index contributed by atoms with van der Waals surface area (Å²) in [6, 6.07) is 11.7. The van der Waals surface area contributed by atoms with Crippen LogP contribution < -0.4 is 10.9 Å². The Bertz CT molecular complexity index is 1170. The number of amides is 1. The number of fused-ring (bicyclic) bond motifs is 1. The van der Waals surface area contributed by atoms with Crippen LogP contribution in [0.5, 0.6) is 0 Å². The number of carbonyl (C=O) groups is 1. The molecule has 2 N–H and O–H groups in total. The van der Waals surface area contributed by atoms with Gasteiger partial charge < -0.3 is 5.32 Å².